The Hall–Kier alpha value is -2.62. The zero-order valence-electron chi connectivity index (χ0n) is 11.3. The van der Waals surface area contributed by atoms with Crippen LogP contribution in [0.1, 0.15) is 26.3 Å². The highest BCUT2D eigenvalue weighted by atomic mass is 16.5. The normalized spacial score (nSPS) is 9.90. The highest BCUT2D eigenvalue weighted by Gasteiger charge is 2.08. The smallest absolute Gasteiger partial charge is 0.255 e. The lowest BCUT2D eigenvalue weighted by atomic mass is 10.1. The molecule has 1 amide bonds. The van der Waals surface area contributed by atoms with Crippen molar-refractivity contribution in [3.8, 4) is 5.75 Å². The molecule has 0 aliphatic rings. The molecule has 1 N–H and O–H groups in total. The van der Waals surface area contributed by atoms with Crippen molar-refractivity contribution in [3.05, 3.63) is 59.2 Å². The summed E-state index contributed by atoms with van der Waals surface area (Å²) in [5.41, 5.74) is 2.45. The van der Waals surface area contributed by atoms with Crippen molar-refractivity contribution in [1.82, 2.24) is 0 Å². The number of ether oxygens (including phenoxy) is 1. The van der Waals surface area contributed by atoms with E-state index in [0.717, 1.165) is 11.8 Å². The van der Waals surface area contributed by atoms with Crippen LogP contribution >= 0.6 is 0 Å². The van der Waals surface area contributed by atoms with Gasteiger partial charge >= 0.3 is 0 Å². The van der Waals surface area contributed by atoms with Crippen LogP contribution in [-0.2, 0) is 0 Å². The van der Waals surface area contributed by atoms with Crippen molar-refractivity contribution in [2.45, 2.75) is 6.92 Å². The molecule has 0 bridgehead atoms. The van der Waals surface area contributed by atoms with E-state index in [2.05, 4.69) is 5.32 Å². The van der Waals surface area contributed by atoms with Crippen molar-refractivity contribution < 1.29 is 14.3 Å². The van der Waals surface area contributed by atoms with Crippen molar-refractivity contribution >= 4 is 17.9 Å². The number of methoxy groups -OCH3 is 1. The molecular weight excluding hydrogens is 254 g/mol. The molecule has 4 heteroatoms. The first kappa shape index (κ1) is 13.8. The number of benzene rings is 2. The highest BCUT2D eigenvalue weighted by Crippen LogP contribution is 2.18. The first-order chi connectivity index (χ1) is 9.63. The van der Waals surface area contributed by atoms with Crippen LogP contribution in [0.15, 0.2) is 42.5 Å². The van der Waals surface area contributed by atoms with Gasteiger partial charge in [-0.3, -0.25) is 9.59 Å². The number of aldehydes is 1. The Morgan fingerprint density at radius 1 is 1.20 bits per heavy atom. The summed E-state index contributed by atoms with van der Waals surface area (Å²) in [4.78, 5) is 23.0. The van der Waals surface area contributed by atoms with Crippen LogP contribution in [0.4, 0.5) is 5.69 Å². The van der Waals surface area contributed by atoms with E-state index >= 15 is 0 Å². The first-order valence-corrected chi connectivity index (χ1v) is 6.15. The van der Waals surface area contributed by atoms with Gasteiger partial charge in [0.25, 0.3) is 5.91 Å². The monoisotopic (exact) mass is 269 g/mol. The van der Waals surface area contributed by atoms with Crippen LogP contribution in [0, 0.1) is 6.92 Å². The first-order valence-electron chi connectivity index (χ1n) is 6.15. The van der Waals surface area contributed by atoms with Gasteiger partial charge in [-0.2, -0.15) is 0 Å². The quantitative estimate of drug-likeness (QED) is 0.868. The zero-order chi connectivity index (χ0) is 14.5. The minimum atomic E-state index is -0.263. The van der Waals surface area contributed by atoms with E-state index in [1.54, 1.807) is 49.6 Å². The number of carbonyl (C=O) groups excluding carboxylic acids is 2. The number of hydrogen-bond donors (Lipinski definition) is 1. The number of anilines is 1. The molecule has 2 rings (SSSR count). The average Bonchev–Trinajstić information content (AvgIpc) is 2.47. The summed E-state index contributed by atoms with van der Waals surface area (Å²) in [5, 5.41) is 2.77. The predicted molar refractivity (Wildman–Crippen MR) is 77.5 cm³/mol. The summed E-state index contributed by atoms with van der Waals surface area (Å²) in [5.74, 6) is 0.404. The van der Waals surface area contributed by atoms with Crippen LogP contribution in [-0.4, -0.2) is 19.3 Å². The molecule has 0 radical (unpaired) electrons. The summed E-state index contributed by atoms with van der Waals surface area (Å²) >= 11 is 0. The van der Waals surface area contributed by atoms with Gasteiger partial charge in [0.05, 0.1) is 7.11 Å². The maximum atomic E-state index is 12.1. The molecule has 0 saturated heterocycles. The van der Waals surface area contributed by atoms with E-state index in [-0.39, 0.29) is 5.91 Å². The Balaban J connectivity index is 2.21. The van der Waals surface area contributed by atoms with Gasteiger partial charge in [-0.25, -0.2) is 0 Å². The number of rotatable bonds is 4. The van der Waals surface area contributed by atoms with Gasteiger partial charge in [0, 0.05) is 22.9 Å². The minimum absolute atomic E-state index is 0.263. The largest absolute Gasteiger partial charge is 0.497 e. The molecule has 0 fully saturated rings. The summed E-state index contributed by atoms with van der Waals surface area (Å²) in [6.45, 7) is 1.83. The number of aryl methyl sites for hydroxylation is 1. The second-order valence-electron chi connectivity index (χ2n) is 4.38. The van der Waals surface area contributed by atoms with E-state index in [1.165, 1.54) is 0 Å². The molecule has 0 heterocycles. The Bertz CT molecular complexity index is 650. The molecular formula is C16H15NO3. The summed E-state index contributed by atoms with van der Waals surface area (Å²) in [7, 11) is 1.57. The third kappa shape index (κ3) is 3.03. The lowest BCUT2D eigenvalue weighted by Crippen LogP contribution is -2.12. The van der Waals surface area contributed by atoms with Gasteiger partial charge in [-0.15, -0.1) is 0 Å². The fourth-order valence-corrected chi connectivity index (χ4v) is 1.81. The number of hydrogen-bond acceptors (Lipinski definition) is 3. The Labute approximate surface area is 117 Å². The molecule has 102 valence electrons. The third-order valence-electron chi connectivity index (χ3n) is 3.00. The molecule has 20 heavy (non-hydrogen) atoms. The molecule has 0 aliphatic carbocycles. The Kier molecular flexibility index (Phi) is 4.15. The molecule has 2 aromatic carbocycles. The summed E-state index contributed by atoms with van der Waals surface area (Å²) in [6, 6.07) is 12.1. The van der Waals surface area contributed by atoms with Gasteiger partial charge in [0.2, 0.25) is 0 Å². The van der Waals surface area contributed by atoms with Crippen LogP contribution in [0.5, 0.6) is 5.75 Å². The molecule has 0 spiro atoms. The van der Waals surface area contributed by atoms with Gasteiger partial charge in [-0.05, 0) is 36.8 Å². The molecule has 0 saturated carbocycles. The Morgan fingerprint density at radius 2 is 2.00 bits per heavy atom. The molecule has 0 aromatic heterocycles. The average molecular weight is 269 g/mol. The van der Waals surface area contributed by atoms with Crippen LogP contribution in [0.2, 0.25) is 0 Å². The predicted octanol–water partition coefficient (Wildman–Crippen LogP) is 3.07. The third-order valence-corrected chi connectivity index (χ3v) is 3.00. The standard InChI is InChI=1S/C16H15NO3/c1-11-6-7-12(8-13(11)10-18)16(19)17-14-4-3-5-15(9-14)20-2/h3-10H,1-2H3,(H,17,19). The molecule has 0 aliphatic heterocycles. The SMILES string of the molecule is COc1cccc(NC(=O)c2ccc(C)c(C=O)c2)c1. The molecule has 0 atom stereocenters. The zero-order valence-corrected chi connectivity index (χ0v) is 11.3. The molecule has 2 aromatic rings. The number of carbonyl (C=O) groups is 2. The fraction of sp³-hybridized carbons (Fsp3) is 0.125. The van der Waals surface area contributed by atoms with Crippen LogP contribution in [0.3, 0.4) is 0 Å². The van der Waals surface area contributed by atoms with E-state index in [4.69, 9.17) is 4.74 Å². The van der Waals surface area contributed by atoms with E-state index < -0.39 is 0 Å². The van der Waals surface area contributed by atoms with Crippen LogP contribution < -0.4 is 10.1 Å². The van der Waals surface area contributed by atoms with E-state index in [9.17, 15) is 9.59 Å². The second-order valence-corrected chi connectivity index (χ2v) is 4.38. The van der Waals surface area contributed by atoms with Crippen LogP contribution in [0.25, 0.3) is 0 Å². The fourth-order valence-electron chi connectivity index (χ4n) is 1.81. The van der Waals surface area contributed by atoms with Gasteiger partial charge in [-0.1, -0.05) is 12.1 Å². The van der Waals surface area contributed by atoms with Crippen molar-refractivity contribution in [2.75, 3.05) is 12.4 Å². The topological polar surface area (TPSA) is 55.4 Å². The highest BCUT2D eigenvalue weighted by molar-refractivity contribution is 6.05. The van der Waals surface area contributed by atoms with Gasteiger partial charge < -0.3 is 10.1 Å². The summed E-state index contributed by atoms with van der Waals surface area (Å²) < 4.78 is 5.10. The van der Waals surface area contributed by atoms with Crippen molar-refractivity contribution in [1.29, 1.82) is 0 Å². The van der Waals surface area contributed by atoms with Crippen molar-refractivity contribution in [3.63, 3.8) is 0 Å². The lowest BCUT2D eigenvalue weighted by molar-refractivity contribution is 0.102. The number of nitrogens with one attached hydrogen (secondary N) is 1. The van der Waals surface area contributed by atoms with Gasteiger partial charge in [0.1, 0.15) is 12.0 Å². The minimum Gasteiger partial charge on any atom is -0.497 e. The molecule has 0 unspecified atom stereocenters. The van der Waals surface area contributed by atoms with Crippen molar-refractivity contribution in [2.24, 2.45) is 0 Å². The lowest BCUT2D eigenvalue weighted by Gasteiger charge is -2.08. The number of amides is 1. The second kappa shape index (κ2) is 6.02. The summed E-state index contributed by atoms with van der Waals surface area (Å²) in [6.07, 6.45) is 0.748. The maximum Gasteiger partial charge on any atom is 0.255 e. The van der Waals surface area contributed by atoms with E-state index in [1.807, 2.05) is 6.92 Å². The maximum absolute atomic E-state index is 12.1. The van der Waals surface area contributed by atoms with E-state index in [0.29, 0.717) is 22.6 Å². The molecule has 4 nitrogen and oxygen atoms in total. The van der Waals surface area contributed by atoms with Gasteiger partial charge in [0.15, 0.2) is 0 Å². The Morgan fingerprint density at radius 3 is 2.70 bits per heavy atom.